The number of rotatable bonds is 6. The number of aromatic nitrogens is 2. The average molecular weight is 277 g/mol. The summed E-state index contributed by atoms with van der Waals surface area (Å²) in [6, 6.07) is 4.98. The van der Waals surface area contributed by atoms with Crippen molar-refractivity contribution in [3.05, 3.63) is 59.7 Å². The summed E-state index contributed by atoms with van der Waals surface area (Å²) < 4.78 is 27.0. The Kier molecular flexibility index (Phi) is 5.12. The minimum atomic E-state index is -0.440. The molecule has 0 aliphatic rings. The lowest BCUT2D eigenvalue weighted by molar-refractivity contribution is 0.489. The molecule has 1 unspecified atom stereocenters. The normalized spacial score (nSPS) is 12.3. The molecule has 0 amide bonds. The zero-order chi connectivity index (χ0) is 14.4. The van der Waals surface area contributed by atoms with Gasteiger partial charge in [0.2, 0.25) is 0 Å². The van der Waals surface area contributed by atoms with Gasteiger partial charge in [0.1, 0.15) is 17.5 Å². The van der Waals surface area contributed by atoms with Crippen LogP contribution in [-0.2, 0) is 6.42 Å². The highest BCUT2D eigenvalue weighted by Crippen LogP contribution is 2.18. The summed E-state index contributed by atoms with van der Waals surface area (Å²) in [7, 11) is 0. The molecule has 1 N–H and O–H groups in total. The van der Waals surface area contributed by atoms with E-state index in [0.717, 1.165) is 25.1 Å². The van der Waals surface area contributed by atoms with Gasteiger partial charge in [-0.05, 0) is 49.2 Å². The minimum absolute atomic E-state index is 0.229. The Bertz CT molecular complexity index is 546. The van der Waals surface area contributed by atoms with Crippen LogP contribution < -0.4 is 5.32 Å². The molecule has 1 aromatic heterocycles. The maximum atomic E-state index is 13.7. The van der Waals surface area contributed by atoms with Crippen LogP contribution in [0, 0.1) is 11.6 Å². The molecule has 0 fully saturated rings. The molecule has 1 heterocycles. The summed E-state index contributed by atoms with van der Waals surface area (Å²) in [6.07, 6.45) is 4.54. The maximum absolute atomic E-state index is 13.7. The fraction of sp³-hybridized carbons (Fsp3) is 0.333. The van der Waals surface area contributed by atoms with Crippen LogP contribution in [0.15, 0.2) is 36.7 Å². The van der Waals surface area contributed by atoms with Crippen molar-refractivity contribution >= 4 is 0 Å². The monoisotopic (exact) mass is 277 g/mol. The van der Waals surface area contributed by atoms with Gasteiger partial charge < -0.3 is 5.32 Å². The fourth-order valence-corrected chi connectivity index (χ4v) is 1.98. The molecule has 5 heteroatoms. The number of hydrogen-bond donors (Lipinski definition) is 1. The van der Waals surface area contributed by atoms with E-state index in [2.05, 4.69) is 15.3 Å². The number of nitrogens with one attached hydrogen (secondary N) is 1. The molecule has 0 spiro atoms. The van der Waals surface area contributed by atoms with Crippen molar-refractivity contribution in [1.82, 2.24) is 15.3 Å². The van der Waals surface area contributed by atoms with Gasteiger partial charge >= 0.3 is 0 Å². The van der Waals surface area contributed by atoms with Crippen molar-refractivity contribution in [3.63, 3.8) is 0 Å². The van der Waals surface area contributed by atoms with Gasteiger partial charge in [0.15, 0.2) is 0 Å². The fourth-order valence-electron chi connectivity index (χ4n) is 1.98. The summed E-state index contributed by atoms with van der Waals surface area (Å²) >= 11 is 0. The number of halogens is 2. The first-order valence-corrected chi connectivity index (χ1v) is 6.65. The molecular weight excluding hydrogens is 260 g/mol. The lowest BCUT2D eigenvalue weighted by Crippen LogP contribution is -2.26. The van der Waals surface area contributed by atoms with E-state index in [1.807, 2.05) is 6.92 Å². The summed E-state index contributed by atoms with van der Waals surface area (Å²) in [4.78, 5) is 8.38. The minimum Gasteiger partial charge on any atom is -0.307 e. The van der Waals surface area contributed by atoms with Crippen LogP contribution in [0.5, 0.6) is 0 Å². The van der Waals surface area contributed by atoms with Gasteiger partial charge in [-0.15, -0.1) is 0 Å². The van der Waals surface area contributed by atoms with Crippen LogP contribution in [0.2, 0.25) is 0 Å². The second-order valence-electron chi connectivity index (χ2n) is 4.55. The molecular formula is C15H17F2N3. The average Bonchev–Trinajstić information content (AvgIpc) is 2.48. The maximum Gasteiger partial charge on any atom is 0.145 e. The van der Waals surface area contributed by atoms with Gasteiger partial charge in [0, 0.05) is 12.4 Å². The zero-order valence-electron chi connectivity index (χ0n) is 11.3. The van der Waals surface area contributed by atoms with Crippen molar-refractivity contribution in [1.29, 1.82) is 0 Å². The Morgan fingerprint density at radius 2 is 1.95 bits per heavy atom. The van der Waals surface area contributed by atoms with E-state index in [0.29, 0.717) is 17.8 Å². The van der Waals surface area contributed by atoms with Crippen LogP contribution in [0.1, 0.15) is 30.8 Å². The topological polar surface area (TPSA) is 37.8 Å². The Morgan fingerprint density at radius 1 is 1.20 bits per heavy atom. The number of nitrogens with zero attached hydrogens (tertiary/aromatic N) is 2. The van der Waals surface area contributed by atoms with Gasteiger partial charge in [0.25, 0.3) is 0 Å². The third-order valence-corrected chi connectivity index (χ3v) is 2.97. The zero-order valence-corrected chi connectivity index (χ0v) is 11.3. The molecule has 0 bridgehead atoms. The molecule has 3 nitrogen and oxygen atoms in total. The molecule has 0 saturated heterocycles. The summed E-state index contributed by atoms with van der Waals surface area (Å²) in [5.74, 6) is -0.264. The van der Waals surface area contributed by atoms with Gasteiger partial charge in [0.05, 0.1) is 6.04 Å². The predicted octanol–water partition coefficient (Wildman–Crippen LogP) is 3.04. The third kappa shape index (κ3) is 3.81. The molecule has 0 saturated carbocycles. The summed E-state index contributed by atoms with van der Waals surface area (Å²) in [5, 5.41) is 3.27. The van der Waals surface area contributed by atoms with Crippen molar-refractivity contribution < 1.29 is 8.78 Å². The Hall–Kier alpha value is -1.88. The van der Waals surface area contributed by atoms with Gasteiger partial charge in [-0.25, -0.2) is 18.7 Å². The first-order valence-electron chi connectivity index (χ1n) is 6.65. The standard InChI is InChI=1S/C15H17F2N3/c1-2-6-18-14(15-19-7-3-8-20-15)10-11-9-12(16)4-5-13(11)17/h3-5,7-9,14,18H,2,6,10H2,1H3. The van der Waals surface area contributed by atoms with E-state index in [1.165, 1.54) is 6.07 Å². The molecule has 1 atom stereocenters. The Morgan fingerprint density at radius 3 is 2.65 bits per heavy atom. The van der Waals surface area contributed by atoms with E-state index in [9.17, 15) is 8.78 Å². The van der Waals surface area contributed by atoms with Crippen molar-refractivity contribution in [2.24, 2.45) is 0 Å². The Balaban J connectivity index is 2.21. The second kappa shape index (κ2) is 7.05. The predicted molar refractivity (Wildman–Crippen MR) is 73.1 cm³/mol. The molecule has 0 aliphatic carbocycles. The summed E-state index contributed by atoms with van der Waals surface area (Å²) in [5.41, 5.74) is 0.325. The highest BCUT2D eigenvalue weighted by Gasteiger charge is 2.16. The lowest BCUT2D eigenvalue weighted by Gasteiger charge is -2.17. The van der Waals surface area contributed by atoms with Gasteiger partial charge in [-0.3, -0.25) is 0 Å². The second-order valence-corrected chi connectivity index (χ2v) is 4.55. The van der Waals surface area contributed by atoms with Crippen molar-refractivity contribution in [2.45, 2.75) is 25.8 Å². The van der Waals surface area contributed by atoms with Gasteiger partial charge in [-0.1, -0.05) is 6.92 Å². The molecule has 2 aromatic rings. The molecule has 1 aromatic carbocycles. The van der Waals surface area contributed by atoms with E-state index < -0.39 is 11.6 Å². The summed E-state index contributed by atoms with van der Waals surface area (Å²) in [6.45, 7) is 2.80. The molecule has 106 valence electrons. The van der Waals surface area contributed by atoms with Gasteiger partial charge in [-0.2, -0.15) is 0 Å². The van der Waals surface area contributed by atoms with E-state index in [-0.39, 0.29) is 6.04 Å². The van der Waals surface area contributed by atoms with Crippen LogP contribution in [0.4, 0.5) is 8.78 Å². The highest BCUT2D eigenvalue weighted by atomic mass is 19.1. The largest absolute Gasteiger partial charge is 0.307 e. The van der Waals surface area contributed by atoms with Crippen molar-refractivity contribution in [2.75, 3.05) is 6.54 Å². The first-order chi connectivity index (χ1) is 9.70. The first kappa shape index (κ1) is 14.5. The molecule has 0 radical (unpaired) electrons. The molecule has 2 rings (SSSR count). The molecule has 20 heavy (non-hydrogen) atoms. The SMILES string of the molecule is CCCNC(Cc1cc(F)ccc1F)c1ncccn1. The highest BCUT2D eigenvalue weighted by molar-refractivity contribution is 5.21. The molecule has 0 aliphatic heterocycles. The smallest absolute Gasteiger partial charge is 0.145 e. The third-order valence-electron chi connectivity index (χ3n) is 2.97. The number of benzene rings is 1. The van der Waals surface area contributed by atoms with E-state index in [1.54, 1.807) is 18.5 Å². The van der Waals surface area contributed by atoms with Crippen LogP contribution >= 0.6 is 0 Å². The Labute approximate surface area is 117 Å². The van der Waals surface area contributed by atoms with Crippen molar-refractivity contribution in [3.8, 4) is 0 Å². The quantitative estimate of drug-likeness (QED) is 0.882. The van der Waals surface area contributed by atoms with E-state index in [4.69, 9.17) is 0 Å². The lowest BCUT2D eigenvalue weighted by atomic mass is 10.0. The van der Waals surface area contributed by atoms with Crippen LogP contribution in [0.25, 0.3) is 0 Å². The van der Waals surface area contributed by atoms with E-state index >= 15 is 0 Å². The van der Waals surface area contributed by atoms with Crippen LogP contribution in [0.3, 0.4) is 0 Å². The van der Waals surface area contributed by atoms with Crippen LogP contribution in [-0.4, -0.2) is 16.5 Å². The number of hydrogen-bond acceptors (Lipinski definition) is 3.